The first-order chi connectivity index (χ1) is 18.8. The molecule has 6 nitrogen and oxygen atoms in total. The van der Waals surface area contributed by atoms with Gasteiger partial charge < -0.3 is 14.7 Å². The second kappa shape index (κ2) is 10.4. The first-order valence-corrected chi connectivity index (χ1v) is 14.1. The highest BCUT2D eigenvalue weighted by molar-refractivity contribution is 6.07. The van der Waals surface area contributed by atoms with Gasteiger partial charge in [0.25, 0.3) is 0 Å². The van der Waals surface area contributed by atoms with Crippen LogP contribution in [0, 0.1) is 17.8 Å². The molecule has 2 aliphatic carbocycles. The molecule has 0 saturated heterocycles. The van der Waals surface area contributed by atoms with Crippen LogP contribution in [0.2, 0.25) is 0 Å². The van der Waals surface area contributed by atoms with Gasteiger partial charge in [0.05, 0.1) is 6.42 Å². The van der Waals surface area contributed by atoms with Gasteiger partial charge in [-0.25, -0.2) is 0 Å². The highest BCUT2D eigenvalue weighted by Crippen LogP contribution is 2.55. The Morgan fingerprint density at radius 1 is 0.875 bits per heavy atom. The number of hydrogen-bond acceptors (Lipinski definition) is 5. The molecule has 40 heavy (non-hydrogen) atoms. The molecular weight excluding hydrogens is 502 g/mol. The maximum atomic E-state index is 14.0. The Balaban J connectivity index is 1.67. The largest absolute Gasteiger partial charge is 0.489 e. The Bertz CT molecular complexity index is 1370. The number of carboxylic acids is 1. The van der Waals surface area contributed by atoms with Gasteiger partial charge >= 0.3 is 5.97 Å². The minimum Gasteiger partial charge on any atom is -0.489 e. The lowest BCUT2D eigenvalue weighted by atomic mass is 9.63. The number of aliphatic carboxylic acids is 1. The SMILES string of the molecule is Cc1ccc(COc2ccccc2C2C3=C(CC(C)(C)CC3=O)N(CCC(=O)O)C3=C2C(=O)CC(C)(C)C3)cc1. The maximum Gasteiger partial charge on any atom is 0.305 e. The number of nitrogens with zero attached hydrogens (tertiary/aromatic N) is 1. The van der Waals surface area contributed by atoms with Crippen molar-refractivity contribution in [1.29, 1.82) is 0 Å². The van der Waals surface area contributed by atoms with Crippen molar-refractivity contribution in [1.82, 2.24) is 4.90 Å². The van der Waals surface area contributed by atoms with Crippen LogP contribution in [0.5, 0.6) is 5.75 Å². The Labute approximate surface area is 236 Å². The summed E-state index contributed by atoms with van der Waals surface area (Å²) in [6, 6.07) is 15.9. The van der Waals surface area contributed by atoms with Crippen LogP contribution in [-0.4, -0.2) is 34.1 Å². The standard InChI is InChI=1S/C34H39NO5/c1-21-10-12-22(13-11-21)20-40-28-9-7-6-8-23(28)30-31-24(16-33(2,3)18-26(31)36)35(15-14-29(38)39)25-17-34(4,5)19-27(37)32(25)30/h6-13,30H,14-20H2,1-5H3,(H,38,39). The van der Waals surface area contributed by atoms with Crippen LogP contribution in [0.3, 0.4) is 0 Å². The third-order valence-electron chi connectivity index (χ3n) is 8.32. The van der Waals surface area contributed by atoms with Gasteiger partial charge in [-0.2, -0.15) is 0 Å². The van der Waals surface area contributed by atoms with Gasteiger partial charge in [-0.3, -0.25) is 14.4 Å². The average Bonchev–Trinajstić information content (AvgIpc) is 2.85. The fraction of sp³-hybridized carbons (Fsp3) is 0.441. The fourth-order valence-electron chi connectivity index (χ4n) is 6.53. The summed E-state index contributed by atoms with van der Waals surface area (Å²) in [6.07, 6.45) is 1.97. The third kappa shape index (κ3) is 5.49. The molecule has 0 atom stereocenters. The van der Waals surface area contributed by atoms with Crippen molar-refractivity contribution in [2.45, 2.75) is 79.2 Å². The molecule has 2 aromatic carbocycles. The molecule has 0 unspecified atom stereocenters. The number of rotatable bonds is 7. The minimum atomic E-state index is -0.899. The third-order valence-corrected chi connectivity index (χ3v) is 8.32. The molecule has 1 N–H and O–H groups in total. The molecule has 0 saturated carbocycles. The number of carbonyl (C=O) groups excluding carboxylic acids is 2. The molecule has 5 rings (SSSR count). The van der Waals surface area contributed by atoms with E-state index in [0.717, 1.165) is 22.5 Å². The van der Waals surface area contributed by atoms with Crippen LogP contribution in [0.15, 0.2) is 71.1 Å². The van der Waals surface area contributed by atoms with E-state index in [0.29, 0.717) is 49.2 Å². The van der Waals surface area contributed by atoms with E-state index in [-0.39, 0.29) is 35.4 Å². The van der Waals surface area contributed by atoms with Gasteiger partial charge in [0, 0.05) is 53.4 Å². The van der Waals surface area contributed by atoms with Gasteiger partial charge in [0.2, 0.25) is 0 Å². The smallest absolute Gasteiger partial charge is 0.305 e. The molecule has 3 aliphatic rings. The first-order valence-electron chi connectivity index (χ1n) is 14.1. The van der Waals surface area contributed by atoms with E-state index in [9.17, 15) is 19.5 Å². The van der Waals surface area contributed by atoms with Crippen LogP contribution < -0.4 is 4.74 Å². The molecule has 2 aromatic rings. The zero-order chi connectivity index (χ0) is 28.8. The second-order valence-electron chi connectivity index (χ2n) is 13.1. The number of benzene rings is 2. The Kier molecular flexibility index (Phi) is 7.24. The molecule has 0 amide bonds. The van der Waals surface area contributed by atoms with Crippen molar-refractivity contribution in [2.24, 2.45) is 10.8 Å². The molecule has 0 aromatic heterocycles. The van der Waals surface area contributed by atoms with E-state index in [1.807, 2.05) is 48.2 Å². The Morgan fingerprint density at radius 3 is 1.98 bits per heavy atom. The van der Waals surface area contributed by atoms with Crippen molar-refractivity contribution in [2.75, 3.05) is 6.54 Å². The summed E-state index contributed by atoms with van der Waals surface area (Å²) in [5, 5.41) is 9.57. The van der Waals surface area contributed by atoms with Gasteiger partial charge in [0.15, 0.2) is 11.6 Å². The van der Waals surface area contributed by atoms with Crippen molar-refractivity contribution < 1.29 is 24.2 Å². The lowest BCUT2D eigenvalue weighted by Crippen LogP contribution is -2.45. The molecule has 0 fully saturated rings. The van der Waals surface area contributed by atoms with E-state index in [1.54, 1.807) is 0 Å². The predicted molar refractivity (Wildman–Crippen MR) is 154 cm³/mol. The zero-order valence-corrected chi connectivity index (χ0v) is 24.2. The number of hydrogen-bond donors (Lipinski definition) is 1. The summed E-state index contributed by atoms with van der Waals surface area (Å²) in [6.45, 7) is 11.0. The normalized spacial score (nSPS) is 20.4. The molecule has 0 radical (unpaired) electrons. The number of carbonyl (C=O) groups is 3. The number of carboxylic acid groups (broad SMARTS) is 1. The first kappa shape index (κ1) is 27.9. The molecule has 0 spiro atoms. The highest BCUT2D eigenvalue weighted by atomic mass is 16.5. The zero-order valence-electron chi connectivity index (χ0n) is 24.2. The van der Waals surface area contributed by atoms with Crippen molar-refractivity contribution in [3.05, 3.63) is 87.8 Å². The average molecular weight is 542 g/mol. The topological polar surface area (TPSA) is 83.9 Å². The summed E-state index contributed by atoms with van der Waals surface area (Å²) in [5.41, 5.74) is 5.48. The molecule has 1 heterocycles. The number of ether oxygens (including phenoxy) is 1. The van der Waals surface area contributed by atoms with E-state index in [4.69, 9.17) is 4.74 Å². The molecular formula is C34H39NO5. The summed E-state index contributed by atoms with van der Waals surface area (Å²) in [7, 11) is 0. The molecule has 6 heteroatoms. The maximum absolute atomic E-state index is 14.0. The molecule has 210 valence electrons. The van der Waals surface area contributed by atoms with E-state index in [2.05, 4.69) is 39.8 Å². The lowest BCUT2D eigenvalue weighted by molar-refractivity contribution is -0.137. The summed E-state index contributed by atoms with van der Waals surface area (Å²) >= 11 is 0. The van der Waals surface area contributed by atoms with Crippen molar-refractivity contribution >= 4 is 17.5 Å². The van der Waals surface area contributed by atoms with Crippen molar-refractivity contribution in [3.63, 3.8) is 0 Å². The summed E-state index contributed by atoms with van der Waals surface area (Å²) < 4.78 is 6.37. The van der Waals surface area contributed by atoms with Crippen LogP contribution in [-0.2, 0) is 21.0 Å². The van der Waals surface area contributed by atoms with E-state index in [1.165, 1.54) is 5.56 Å². The Hall–Kier alpha value is -3.67. The van der Waals surface area contributed by atoms with Crippen LogP contribution >= 0.6 is 0 Å². The van der Waals surface area contributed by atoms with Crippen LogP contribution in [0.25, 0.3) is 0 Å². The number of Topliss-reactive ketones (excluding diaryl/α,β-unsaturated/α-hetero) is 2. The summed E-state index contributed by atoms with van der Waals surface area (Å²) in [5.74, 6) is -0.735. The lowest BCUT2D eigenvalue weighted by Gasteiger charge is -2.49. The predicted octanol–water partition coefficient (Wildman–Crippen LogP) is 6.73. The van der Waals surface area contributed by atoms with Gasteiger partial charge in [0.1, 0.15) is 12.4 Å². The van der Waals surface area contributed by atoms with Gasteiger partial charge in [-0.1, -0.05) is 75.7 Å². The number of allylic oxidation sites excluding steroid dienone is 4. The van der Waals surface area contributed by atoms with E-state index < -0.39 is 11.9 Å². The fourth-order valence-corrected chi connectivity index (χ4v) is 6.53. The number of aryl methyl sites for hydroxylation is 1. The van der Waals surface area contributed by atoms with Crippen molar-refractivity contribution in [3.8, 4) is 5.75 Å². The molecule has 0 bridgehead atoms. The number of para-hydroxylation sites is 1. The Morgan fingerprint density at radius 2 is 1.43 bits per heavy atom. The monoisotopic (exact) mass is 541 g/mol. The van der Waals surface area contributed by atoms with Gasteiger partial charge in [-0.15, -0.1) is 0 Å². The van der Waals surface area contributed by atoms with E-state index >= 15 is 0 Å². The summed E-state index contributed by atoms with van der Waals surface area (Å²) in [4.78, 5) is 41.6. The minimum absolute atomic E-state index is 0.0223. The quantitative estimate of drug-likeness (QED) is 0.418. The van der Waals surface area contributed by atoms with Crippen LogP contribution in [0.4, 0.5) is 0 Å². The van der Waals surface area contributed by atoms with Gasteiger partial charge in [-0.05, 0) is 42.2 Å². The highest BCUT2D eigenvalue weighted by Gasteiger charge is 2.49. The number of ketones is 2. The molecule has 1 aliphatic heterocycles. The second-order valence-corrected chi connectivity index (χ2v) is 13.1. The van der Waals surface area contributed by atoms with Crippen LogP contribution in [0.1, 0.15) is 82.4 Å².